The van der Waals surface area contributed by atoms with Crippen LogP contribution in [0.5, 0.6) is 0 Å². The number of nitrogens with one attached hydrogen (secondary N) is 1. The van der Waals surface area contributed by atoms with Gasteiger partial charge in [-0.15, -0.1) is 0 Å². The summed E-state index contributed by atoms with van der Waals surface area (Å²) in [6, 6.07) is 16.0. The van der Waals surface area contributed by atoms with Gasteiger partial charge in [0.25, 0.3) is 17.2 Å². The van der Waals surface area contributed by atoms with Crippen molar-refractivity contribution in [2.75, 3.05) is 0 Å². The maximum absolute atomic E-state index is 12.1. The molecule has 1 aromatic heterocycles. The predicted molar refractivity (Wildman–Crippen MR) is 110 cm³/mol. The van der Waals surface area contributed by atoms with E-state index in [0.29, 0.717) is 11.3 Å². The topological polar surface area (TPSA) is 119 Å². The highest BCUT2D eigenvalue weighted by atomic mass is 79.9. The van der Waals surface area contributed by atoms with E-state index in [2.05, 4.69) is 31.6 Å². The number of rotatable bonds is 6. The summed E-state index contributed by atoms with van der Waals surface area (Å²) in [5.74, 6) is -0.536. The maximum atomic E-state index is 12.1. The Labute approximate surface area is 173 Å². The van der Waals surface area contributed by atoms with Gasteiger partial charge in [0.2, 0.25) is 0 Å². The zero-order chi connectivity index (χ0) is 20.8. The van der Waals surface area contributed by atoms with E-state index in [9.17, 15) is 19.7 Å². The molecule has 0 bridgehead atoms. The van der Waals surface area contributed by atoms with Gasteiger partial charge in [-0.3, -0.25) is 19.7 Å². The fourth-order valence-corrected chi connectivity index (χ4v) is 2.63. The average molecular weight is 456 g/mol. The Morgan fingerprint density at radius 1 is 1.14 bits per heavy atom. The van der Waals surface area contributed by atoms with Crippen LogP contribution in [0.1, 0.15) is 5.56 Å². The molecule has 29 heavy (non-hydrogen) atoms. The van der Waals surface area contributed by atoms with E-state index in [0.717, 1.165) is 14.7 Å². The molecular weight excluding hydrogens is 442 g/mol. The molecule has 3 aromatic rings. The van der Waals surface area contributed by atoms with Crippen molar-refractivity contribution in [2.45, 2.75) is 6.54 Å². The summed E-state index contributed by atoms with van der Waals surface area (Å²) in [5, 5.41) is 18.6. The number of carbonyl (C=O) groups is 1. The van der Waals surface area contributed by atoms with Crippen LogP contribution < -0.4 is 11.0 Å². The lowest BCUT2D eigenvalue weighted by Gasteiger charge is -2.06. The lowest BCUT2D eigenvalue weighted by molar-refractivity contribution is -0.384. The summed E-state index contributed by atoms with van der Waals surface area (Å²) in [7, 11) is 0. The third kappa shape index (κ3) is 5.42. The van der Waals surface area contributed by atoms with Crippen molar-refractivity contribution in [3.8, 4) is 11.3 Å². The number of amides is 1. The standard InChI is InChI=1S/C19H14BrN5O4/c20-15-5-3-14(4-6-15)17-9-10-19(27)24(23-17)12-18(26)22-21-11-13-1-7-16(8-2-13)25(28)29/h1-11H,12H2,(H,22,26)/b21-11-. The smallest absolute Gasteiger partial charge is 0.269 e. The molecule has 0 spiro atoms. The molecule has 10 heteroatoms. The SMILES string of the molecule is O=C(Cn1nc(-c2ccc(Br)cc2)ccc1=O)N/N=C\c1ccc([N+](=O)[O-])cc1. The molecule has 1 N–H and O–H groups in total. The van der Waals surface area contributed by atoms with Gasteiger partial charge in [0, 0.05) is 28.2 Å². The highest BCUT2D eigenvalue weighted by molar-refractivity contribution is 9.10. The zero-order valence-electron chi connectivity index (χ0n) is 14.9. The normalized spacial score (nSPS) is 10.8. The van der Waals surface area contributed by atoms with Crippen LogP contribution in [0.2, 0.25) is 0 Å². The third-order valence-corrected chi connectivity index (χ3v) is 4.34. The second-order valence-corrected chi connectivity index (χ2v) is 6.78. The van der Waals surface area contributed by atoms with Crippen LogP contribution >= 0.6 is 15.9 Å². The van der Waals surface area contributed by atoms with E-state index in [-0.39, 0.29) is 12.2 Å². The van der Waals surface area contributed by atoms with E-state index >= 15 is 0 Å². The van der Waals surface area contributed by atoms with Crippen molar-refractivity contribution in [1.82, 2.24) is 15.2 Å². The van der Waals surface area contributed by atoms with E-state index in [1.54, 1.807) is 6.07 Å². The van der Waals surface area contributed by atoms with Crippen LogP contribution in [0, 0.1) is 10.1 Å². The molecule has 2 aromatic carbocycles. The van der Waals surface area contributed by atoms with E-state index < -0.39 is 16.4 Å². The quantitative estimate of drug-likeness (QED) is 0.348. The summed E-state index contributed by atoms with van der Waals surface area (Å²) in [6.45, 7) is -0.305. The predicted octanol–water partition coefficient (Wildman–Crippen LogP) is 2.73. The number of hydrogen-bond acceptors (Lipinski definition) is 6. The number of nitrogens with zero attached hydrogens (tertiary/aromatic N) is 4. The van der Waals surface area contributed by atoms with E-state index in [1.807, 2.05) is 24.3 Å². The molecule has 0 aliphatic rings. The van der Waals surface area contributed by atoms with Gasteiger partial charge in [-0.2, -0.15) is 10.2 Å². The largest absolute Gasteiger partial charge is 0.271 e. The van der Waals surface area contributed by atoms with Crippen LogP contribution in [0.4, 0.5) is 5.69 Å². The number of benzene rings is 2. The summed E-state index contributed by atoms with van der Waals surface area (Å²) in [5.41, 5.74) is 3.78. The molecule has 1 amide bonds. The number of aromatic nitrogens is 2. The number of non-ortho nitro benzene ring substituents is 1. The highest BCUT2D eigenvalue weighted by Crippen LogP contribution is 2.18. The molecule has 3 rings (SSSR count). The molecule has 0 aliphatic carbocycles. The van der Waals surface area contributed by atoms with E-state index in [4.69, 9.17) is 0 Å². The van der Waals surface area contributed by atoms with Gasteiger partial charge < -0.3 is 0 Å². The first kappa shape index (κ1) is 20.1. The van der Waals surface area contributed by atoms with Crippen molar-refractivity contribution in [3.63, 3.8) is 0 Å². The van der Waals surface area contributed by atoms with Gasteiger partial charge in [-0.1, -0.05) is 28.1 Å². The summed E-state index contributed by atoms with van der Waals surface area (Å²) < 4.78 is 1.97. The minimum absolute atomic E-state index is 0.0395. The lowest BCUT2D eigenvalue weighted by Crippen LogP contribution is -2.31. The Kier molecular flexibility index (Phi) is 6.25. The molecule has 1 heterocycles. The number of hydrazone groups is 1. The van der Waals surface area contributed by atoms with Crippen LogP contribution in [0.15, 0.2) is 75.0 Å². The van der Waals surface area contributed by atoms with E-state index in [1.165, 1.54) is 36.5 Å². The number of hydrogen-bond donors (Lipinski definition) is 1. The van der Waals surface area contributed by atoms with Crippen LogP contribution in [-0.4, -0.2) is 26.8 Å². The maximum Gasteiger partial charge on any atom is 0.269 e. The fourth-order valence-electron chi connectivity index (χ4n) is 2.37. The Hall–Kier alpha value is -3.66. The Morgan fingerprint density at radius 2 is 1.83 bits per heavy atom. The zero-order valence-corrected chi connectivity index (χ0v) is 16.4. The monoisotopic (exact) mass is 455 g/mol. The van der Waals surface area contributed by atoms with Gasteiger partial charge in [-0.25, -0.2) is 10.1 Å². The molecule has 9 nitrogen and oxygen atoms in total. The fraction of sp³-hybridized carbons (Fsp3) is 0.0526. The third-order valence-electron chi connectivity index (χ3n) is 3.81. The molecule has 0 saturated heterocycles. The highest BCUT2D eigenvalue weighted by Gasteiger charge is 2.08. The number of nitro groups is 1. The van der Waals surface area contributed by atoms with Gasteiger partial charge in [0.05, 0.1) is 16.8 Å². The van der Waals surface area contributed by atoms with Gasteiger partial charge in [0.15, 0.2) is 0 Å². The van der Waals surface area contributed by atoms with Crippen LogP contribution in [0.25, 0.3) is 11.3 Å². The number of carbonyl (C=O) groups excluding carboxylic acids is 1. The van der Waals surface area contributed by atoms with Crippen molar-refractivity contribution in [1.29, 1.82) is 0 Å². The van der Waals surface area contributed by atoms with Crippen molar-refractivity contribution >= 4 is 33.7 Å². The summed E-state index contributed by atoms with van der Waals surface area (Å²) in [4.78, 5) is 34.2. The lowest BCUT2D eigenvalue weighted by atomic mass is 10.1. The minimum Gasteiger partial charge on any atom is -0.271 e. The molecule has 0 unspecified atom stereocenters. The van der Waals surface area contributed by atoms with Gasteiger partial charge >= 0.3 is 0 Å². The Bertz CT molecular complexity index is 1120. The summed E-state index contributed by atoms with van der Waals surface area (Å²) >= 11 is 3.36. The van der Waals surface area contributed by atoms with Gasteiger partial charge in [0.1, 0.15) is 6.54 Å². The second kappa shape index (κ2) is 9.02. The first-order chi connectivity index (χ1) is 13.9. The van der Waals surface area contributed by atoms with Crippen molar-refractivity contribution in [2.24, 2.45) is 5.10 Å². The molecule has 0 atom stereocenters. The molecule has 0 radical (unpaired) electrons. The second-order valence-electron chi connectivity index (χ2n) is 5.86. The molecular formula is C19H14BrN5O4. The summed E-state index contributed by atoms with van der Waals surface area (Å²) in [6.07, 6.45) is 1.34. The van der Waals surface area contributed by atoms with Crippen molar-refractivity contribution < 1.29 is 9.72 Å². The number of nitro benzene ring substituents is 1. The first-order valence-electron chi connectivity index (χ1n) is 8.33. The first-order valence-corrected chi connectivity index (χ1v) is 9.12. The minimum atomic E-state index is -0.536. The molecule has 146 valence electrons. The number of halogens is 1. The van der Waals surface area contributed by atoms with Crippen LogP contribution in [-0.2, 0) is 11.3 Å². The average Bonchev–Trinajstić information content (AvgIpc) is 2.71. The van der Waals surface area contributed by atoms with Crippen molar-refractivity contribution in [3.05, 3.63) is 91.2 Å². The Balaban J connectivity index is 1.65. The van der Waals surface area contributed by atoms with Gasteiger partial charge in [-0.05, 0) is 35.9 Å². The molecule has 0 fully saturated rings. The Morgan fingerprint density at radius 3 is 2.48 bits per heavy atom. The molecule has 0 saturated carbocycles. The molecule has 0 aliphatic heterocycles. The van der Waals surface area contributed by atoms with Crippen LogP contribution in [0.3, 0.4) is 0 Å².